The largest absolute Gasteiger partial charge is 0.361 e. The van der Waals surface area contributed by atoms with Crippen LogP contribution >= 0.6 is 0 Å². The minimum absolute atomic E-state index is 0.191. The SMILES string of the molecule is O=C(CN1CCc2ccccc2C1)c1ccc2cc[nH]c2c1. The summed E-state index contributed by atoms with van der Waals surface area (Å²) in [6.07, 6.45) is 2.93. The van der Waals surface area contributed by atoms with Gasteiger partial charge in [0.1, 0.15) is 0 Å². The zero-order valence-corrected chi connectivity index (χ0v) is 12.4. The second-order valence-corrected chi connectivity index (χ2v) is 5.93. The fraction of sp³-hybridized carbons (Fsp3) is 0.211. The number of nitrogens with one attached hydrogen (secondary N) is 1. The van der Waals surface area contributed by atoms with Crippen LogP contribution in [0.25, 0.3) is 10.9 Å². The van der Waals surface area contributed by atoms with Gasteiger partial charge in [-0.15, -0.1) is 0 Å². The number of nitrogens with zero attached hydrogens (tertiary/aromatic N) is 1. The number of ketones is 1. The van der Waals surface area contributed by atoms with Gasteiger partial charge in [0.25, 0.3) is 0 Å². The number of benzene rings is 2. The number of aromatic amines is 1. The van der Waals surface area contributed by atoms with Gasteiger partial charge in [-0.1, -0.05) is 36.4 Å². The van der Waals surface area contributed by atoms with E-state index >= 15 is 0 Å². The number of H-pyrrole nitrogens is 1. The van der Waals surface area contributed by atoms with Gasteiger partial charge in [-0.05, 0) is 35.1 Å². The van der Waals surface area contributed by atoms with Gasteiger partial charge in [0.2, 0.25) is 0 Å². The number of Topliss-reactive ketones (excluding diaryl/α,β-unsaturated/α-hetero) is 1. The van der Waals surface area contributed by atoms with Crippen molar-refractivity contribution in [1.82, 2.24) is 9.88 Å². The zero-order chi connectivity index (χ0) is 14.9. The van der Waals surface area contributed by atoms with Crippen LogP contribution in [0.1, 0.15) is 21.5 Å². The van der Waals surface area contributed by atoms with E-state index in [0.717, 1.165) is 36.0 Å². The first kappa shape index (κ1) is 13.3. The molecule has 3 aromatic rings. The second kappa shape index (κ2) is 5.43. The van der Waals surface area contributed by atoms with E-state index in [-0.39, 0.29) is 5.78 Å². The van der Waals surface area contributed by atoms with Crippen molar-refractivity contribution < 1.29 is 4.79 Å². The van der Waals surface area contributed by atoms with E-state index in [4.69, 9.17) is 0 Å². The van der Waals surface area contributed by atoms with Crippen LogP contribution in [0, 0.1) is 0 Å². The highest BCUT2D eigenvalue weighted by molar-refractivity contribution is 6.00. The van der Waals surface area contributed by atoms with Crippen LogP contribution < -0.4 is 0 Å². The van der Waals surface area contributed by atoms with Gasteiger partial charge in [0.15, 0.2) is 5.78 Å². The lowest BCUT2D eigenvalue weighted by Crippen LogP contribution is -2.34. The first-order valence-corrected chi connectivity index (χ1v) is 7.69. The van der Waals surface area contributed by atoms with E-state index < -0.39 is 0 Å². The molecule has 0 radical (unpaired) electrons. The van der Waals surface area contributed by atoms with Gasteiger partial charge >= 0.3 is 0 Å². The molecule has 22 heavy (non-hydrogen) atoms. The molecule has 0 fully saturated rings. The van der Waals surface area contributed by atoms with Crippen molar-refractivity contribution in [3.8, 4) is 0 Å². The smallest absolute Gasteiger partial charge is 0.176 e. The van der Waals surface area contributed by atoms with Crippen molar-refractivity contribution in [2.45, 2.75) is 13.0 Å². The van der Waals surface area contributed by atoms with Gasteiger partial charge in [0, 0.05) is 30.4 Å². The van der Waals surface area contributed by atoms with Crippen molar-refractivity contribution in [3.63, 3.8) is 0 Å². The lowest BCUT2D eigenvalue weighted by molar-refractivity contribution is 0.0921. The number of hydrogen-bond donors (Lipinski definition) is 1. The van der Waals surface area contributed by atoms with Gasteiger partial charge in [0.05, 0.1) is 6.54 Å². The monoisotopic (exact) mass is 290 g/mol. The molecule has 3 nitrogen and oxygen atoms in total. The summed E-state index contributed by atoms with van der Waals surface area (Å²) >= 11 is 0. The van der Waals surface area contributed by atoms with E-state index in [1.807, 2.05) is 30.5 Å². The average Bonchev–Trinajstić information content (AvgIpc) is 3.02. The molecule has 2 heterocycles. The standard InChI is InChI=1S/C19H18N2O/c22-19(16-6-5-15-7-9-20-18(15)11-16)13-21-10-8-14-3-1-2-4-17(14)12-21/h1-7,9,11,20H,8,10,12-13H2. The highest BCUT2D eigenvalue weighted by atomic mass is 16.1. The van der Waals surface area contributed by atoms with E-state index in [1.165, 1.54) is 11.1 Å². The van der Waals surface area contributed by atoms with Crippen LogP contribution in [0.3, 0.4) is 0 Å². The molecular formula is C19H18N2O. The summed E-state index contributed by atoms with van der Waals surface area (Å²) in [4.78, 5) is 17.9. The molecule has 1 N–H and O–H groups in total. The Morgan fingerprint density at radius 1 is 1.09 bits per heavy atom. The van der Waals surface area contributed by atoms with E-state index in [2.05, 4.69) is 34.1 Å². The first-order valence-electron chi connectivity index (χ1n) is 7.69. The quantitative estimate of drug-likeness (QED) is 0.750. The lowest BCUT2D eigenvalue weighted by atomic mass is 9.99. The minimum atomic E-state index is 0.191. The third-order valence-corrected chi connectivity index (χ3v) is 4.45. The van der Waals surface area contributed by atoms with Gasteiger partial charge < -0.3 is 4.98 Å². The number of rotatable bonds is 3. The first-order chi connectivity index (χ1) is 10.8. The Bertz CT molecular complexity index is 834. The highest BCUT2D eigenvalue weighted by Crippen LogP contribution is 2.19. The number of aromatic nitrogens is 1. The number of fused-ring (bicyclic) bond motifs is 2. The van der Waals surface area contributed by atoms with Gasteiger partial charge in [-0.2, -0.15) is 0 Å². The summed E-state index contributed by atoms with van der Waals surface area (Å²) in [5.41, 5.74) is 4.57. The number of carbonyl (C=O) groups excluding carboxylic acids is 1. The van der Waals surface area contributed by atoms with Crippen molar-refractivity contribution in [2.24, 2.45) is 0 Å². The highest BCUT2D eigenvalue weighted by Gasteiger charge is 2.18. The molecule has 0 atom stereocenters. The van der Waals surface area contributed by atoms with E-state index in [9.17, 15) is 4.79 Å². The number of hydrogen-bond acceptors (Lipinski definition) is 2. The summed E-state index contributed by atoms with van der Waals surface area (Å²) in [6.45, 7) is 2.31. The Kier molecular flexibility index (Phi) is 3.28. The third-order valence-electron chi connectivity index (χ3n) is 4.45. The van der Waals surface area contributed by atoms with Crippen molar-refractivity contribution >= 4 is 16.7 Å². The lowest BCUT2D eigenvalue weighted by Gasteiger charge is -2.28. The van der Waals surface area contributed by atoms with Crippen LogP contribution in [0.2, 0.25) is 0 Å². The van der Waals surface area contributed by atoms with Crippen LogP contribution in [0.5, 0.6) is 0 Å². The van der Waals surface area contributed by atoms with Crippen molar-refractivity contribution in [1.29, 1.82) is 0 Å². The predicted molar refractivity (Wildman–Crippen MR) is 88.1 cm³/mol. The average molecular weight is 290 g/mol. The van der Waals surface area contributed by atoms with Crippen molar-refractivity contribution in [3.05, 3.63) is 71.4 Å². The molecule has 2 aromatic carbocycles. The molecule has 4 rings (SSSR count). The topological polar surface area (TPSA) is 36.1 Å². The van der Waals surface area contributed by atoms with E-state index in [1.54, 1.807) is 0 Å². The molecule has 1 aromatic heterocycles. The molecule has 0 saturated heterocycles. The van der Waals surface area contributed by atoms with Crippen LogP contribution in [-0.4, -0.2) is 28.8 Å². The number of carbonyl (C=O) groups is 1. The molecule has 110 valence electrons. The second-order valence-electron chi connectivity index (χ2n) is 5.93. The van der Waals surface area contributed by atoms with Crippen LogP contribution in [0.15, 0.2) is 54.7 Å². The molecular weight excluding hydrogens is 272 g/mol. The maximum atomic E-state index is 12.5. The van der Waals surface area contributed by atoms with Gasteiger partial charge in [-0.3, -0.25) is 9.69 Å². The maximum absolute atomic E-state index is 12.5. The summed E-state index contributed by atoms with van der Waals surface area (Å²) in [7, 11) is 0. The minimum Gasteiger partial charge on any atom is -0.361 e. The summed E-state index contributed by atoms with van der Waals surface area (Å²) < 4.78 is 0. The molecule has 0 amide bonds. The molecule has 0 spiro atoms. The fourth-order valence-corrected chi connectivity index (χ4v) is 3.20. The molecule has 3 heteroatoms. The third kappa shape index (κ3) is 2.44. The Morgan fingerprint density at radius 3 is 2.86 bits per heavy atom. The summed E-state index contributed by atoms with van der Waals surface area (Å²) in [5, 5.41) is 1.14. The Labute approximate surface area is 129 Å². The fourth-order valence-electron chi connectivity index (χ4n) is 3.20. The molecule has 1 aliphatic rings. The molecule has 0 aliphatic carbocycles. The molecule has 0 bridgehead atoms. The normalized spacial score (nSPS) is 14.9. The Morgan fingerprint density at radius 2 is 1.95 bits per heavy atom. The van der Waals surface area contributed by atoms with E-state index in [0.29, 0.717) is 6.54 Å². The van der Waals surface area contributed by atoms with Gasteiger partial charge in [-0.25, -0.2) is 0 Å². The zero-order valence-electron chi connectivity index (χ0n) is 12.4. The van der Waals surface area contributed by atoms with Crippen LogP contribution in [-0.2, 0) is 13.0 Å². The predicted octanol–water partition coefficient (Wildman–Crippen LogP) is 3.41. The maximum Gasteiger partial charge on any atom is 0.176 e. The molecule has 1 aliphatic heterocycles. The Hall–Kier alpha value is -2.39. The summed E-state index contributed by atoms with van der Waals surface area (Å²) in [5.74, 6) is 0.191. The molecule has 0 saturated carbocycles. The Balaban J connectivity index is 1.50. The molecule has 0 unspecified atom stereocenters. The summed E-state index contributed by atoms with van der Waals surface area (Å²) in [6, 6.07) is 16.4. The van der Waals surface area contributed by atoms with Crippen molar-refractivity contribution in [2.75, 3.05) is 13.1 Å². The van der Waals surface area contributed by atoms with Crippen LogP contribution in [0.4, 0.5) is 0 Å².